The number of nitrogens with one attached hydrogen (secondary N) is 3. The van der Waals surface area contributed by atoms with E-state index in [9.17, 15) is 23.2 Å². The molecule has 1 atom stereocenters. The summed E-state index contributed by atoms with van der Waals surface area (Å²) in [5.74, 6) is -2.20. The number of carbonyl (C=O) groups excluding carboxylic acids is 3. The third kappa shape index (κ3) is 6.68. The van der Waals surface area contributed by atoms with E-state index in [0.717, 1.165) is 5.56 Å². The van der Waals surface area contributed by atoms with Crippen LogP contribution in [0.2, 0.25) is 0 Å². The van der Waals surface area contributed by atoms with Crippen molar-refractivity contribution in [1.29, 1.82) is 0 Å². The van der Waals surface area contributed by atoms with E-state index in [-0.39, 0.29) is 31.2 Å². The van der Waals surface area contributed by atoms with Gasteiger partial charge in [-0.1, -0.05) is 5.16 Å². The summed E-state index contributed by atoms with van der Waals surface area (Å²) in [6.45, 7) is 1.75. The molecule has 2 aliphatic rings. The SMILES string of the molecule is O=C(NC[C@H]1CN(c2ccc(N3CCNN(C(=O)CNCc4cnoc4)CC3)c(F)c2)C(=O)O1)C(F)F. The molecule has 1 aromatic heterocycles. The number of hydrogen-bond acceptors (Lipinski definition) is 9. The molecule has 3 amide bonds. The van der Waals surface area contributed by atoms with Gasteiger partial charge in [-0.3, -0.25) is 19.5 Å². The second-order valence-electron chi connectivity index (χ2n) is 8.37. The van der Waals surface area contributed by atoms with E-state index in [1.807, 2.05) is 5.32 Å². The van der Waals surface area contributed by atoms with Crippen LogP contribution in [0.5, 0.6) is 0 Å². The minimum Gasteiger partial charge on any atom is -0.442 e. The molecule has 4 rings (SSSR count). The van der Waals surface area contributed by atoms with E-state index in [2.05, 4.69) is 15.9 Å². The van der Waals surface area contributed by atoms with E-state index in [1.54, 1.807) is 17.2 Å². The smallest absolute Gasteiger partial charge is 0.414 e. The van der Waals surface area contributed by atoms with Gasteiger partial charge < -0.3 is 24.8 Å². The van der Waals surface area contributed by atoms with Crippen LogP contribution < -0.4 is 25.9 Å². The maximum absolute atomic E-state index is 15.1. The van der Waals surface area contributed by atoms with Gasteiger partial charge in [-0.15, -0.1) is 0 Å². The zero-order chi connectivity index (χ0) is 26.4. The van der Waals surface area contributed by atoms with E-state index in [0.29, 0.717) is 38.4 Å². The number of ether oxygens (including phenoxy) is 1. The molecule has 0 bridgehead atoms. The fraction of sp³-hybridized carbons (Fsp3) is 0.455. The molecule has 200 valence electrons. The summed E-state index contributed by atoms with van der Waals surface area (Å²) >= 11 is 0. The van der Waals surface area contributed by atoms with Crippen LogP contribution in [0, 0.1) is 5.82 Å². The Bertz CT molecular complexity index is 1100. The molecule has 0 spiro atoms. The van der Waals surface area contributed by atoms with Gasteiger partial charge in [0.1, 0.15) is 18.2 Å². The Morgan fingerprint density at radius 3 is 2.81 bits per heavy atom. The van der Waals surface area contributed by atoms with Crippen molar-refractivity contribution in [1.82, 2.24) is 26.2 Å². The monoisotopic (exact) mass is 525 g/mol. The Kier molecular flexibility index (Phi) is 8.45. The molecule has 0 saturated carbocycles. The van der Waals surface area contributed by atoms with Crippen LogP contribution in [0.25, 0.3) is 0 Å². The number of cyclic esters (lactones) is 1. The molecule has 12 nitrogen and oxygen atoms in total. The highest BCUT2D eigenvalue weighted by Gasteiger charge is 2.33. The molecule has 2 fully saturated rings. The van der Waals surface area contributed by atoms with Crippen molar-refractivity contribution < 1.29 is 36.8 Å². The van der Waals surface area contributed by atoms with Crippen molar-refractivity contribution in [3.63, 3.8) is 0 Å². The highest BCUT2D eigenvalue weighted by atomic mass is 19.3. The summed E-state index contributed by atoms with van der Waals surface area (Å²) < 4.78 is 49.6. The lowest BCUT2D eigenvalue weighted by atomic mass is 10.2. The van der Waals surface area contributed by atoms with Gasteiger partial charge in [0.05, 0.1) is 43.8 Å². The van der Waals surface area contributed by atoms with Gasteiger partial charge in [-0.25, -0.2) is 14.6 Å². The first-order valence-electron chi connectivity index (χ1n) is 11.5. The Morgan fingerprint density at radius 1 is 1.24 bits per heavy atom. The van der Waals surface area contributed by atoms with Crippen molar-refractivity contribution in [2.24, 2.45) is 0 Å². The van der Waals surface area contributed by atoms with Crippen molar-refractivity contribution in [3.8, 4) is 0 Å². The standard InChI is InChI=1S/C22H26F3N7O5/c23-17-7-15(31-12-16(37-22(31)35)10-27-21(34)20(24)25)1-2-18(17)30-4-3-28-32(6-5-30)19(33)11-26-8-14-9-29-36-13-14/h1-2,7,9,13,16,20,26,28H,3-6,8,10-12H2,(H,27,34)/t16-/m0/s1. The number of amides is 3. The predicted molar refractivity (Wildman–Crippen MR) is 123 cm³/mol. The summed E-state index contributed by atoms with van der Waals surface area (Å²) in [6.07, 6.45) is -1.74. The zero-order valence-electron chi connectivity index (χ0n) is 19.7. The second kappa shape index (κ2) is 11.9. The molecule has 1 aromatic carbocycles. The van der Waals surface area contributed by atoms with Crippen molar-refractivity contribution in [2.75, 3.05) is 55.6 Å². The van der Waals surface area contributed by atoms with Crippen LogP contribution in [-0.4, -0.2) is 86.4 Å². The molecular weight excluding hydrogens is 499 g/mol. The summed E-state index contributed by atoms with van der Waals surface area (Å²) in [5.41, 5.74) is 4.40. The number of alkyl halides is 2. The third-order valence-corrected chi connectivity index (χ3v) is 5.83. The molecule has 3 heterocycles. The molecular formula is C22H26F3N7O5. The quantitative estimate of drug-likeness (QED) is 0.427. The topological polar surface area (TPSA) is 132 Å². The number of rotatable bonds is 9. The lowest BCUT2D eigenvalue weighted by Gasteiger charge is -2.24. The van der Waals surface area contributed by atoms with Crippen LogP contribution in [0.15, 0.2) is 35.2 Å². The van der Waals surface area contributed by atoms with E-state index < -0.39 is 30.3 Å². The molecule has 2 aliphatic heterocycles. The summed E-state index contributed by atoms with van der Waals surface area (Å²) in [5, 5.41) is 10.1. The van der Waals surface area contributed by atoms with Crippen LogP contribution in [-0.2, 0) is 20.9 Å². The molecule has 2 aromatic rings. The van der Waals surface area contributed by atoms with Gasteiger partial charge in [0.2, 0.25) is 0 Å². The third-order valence-electron chi connectivity index (χ3n) is 5.83. The van der Waals surface area contributed by atoms with Crippen LogP contribution >= 0.6 is 0 Å². The number of carbonyl (C=O) groups is 3. The van der Waals surface area contributed by atoms with Gasteiger partial charge in [0.25, 0.3) is 11.8 Å². The molecule has 37 heavy (non-hydrogen) atoms. The first-order chi connectivity index (χ1) is 17.8. The average molecular weight is 525 g/mol. The van der Waals surface area contributed by atoms with Gasteiger partial charge in [0, 0.05) is 31.7 Å². The molecule has 3 N–H and O–H groups in total. The Morgan fingerprint density at radius 2 is 2.08 bits per heavy atom. The lowest BCUT2D eigenvalue weighted by molar-refractivity contribution is -0.133. The van der Waals surface area contributed by atoms with Crippen LogP contribution in [0.3, 0.4) is 0 Å². The van der Waals surface area contributed by atoms with Gasteiger partial charge in [-0.05, 0) is 18.2 Å². The van der Waals surface area contributed by atoms with Gasteiger partial charge in [-0.2, -0.15) is 8.78 Å². The second-order valence-corrected chi connectivity index (χ2v) is 8.37. The van der Waals surface area contributed by atoms with Crippen LogP contribution in [0.4, 0.5) is 29.3 Å². The fourth-order valence-electron chi connectivity index (χ4n) is 3.96. The van der Waals surface area contributed by atoms with E-state index >= 15 is 4.39 Å². The average Bonchev–Trinajstić information content (AvgIpc) is 3.45. The number of hydrogen-bond donors (Lipinski definition) is 3. The Hall–Kier alpha value is -3.85. The molecule has 15 heteroatoms. The Balaban J connectivity index is 1.30. The fourth-order valence-corrected chi connectivity index (χ4v) is 3.96. The summed E-state index contributed by atoms with van der Waals surface area (Å²) in [6, 6.07) is 4.27. The minimum absolute atomic E-state index is 0.0308. The molecule has 0 aliphatic carbocycles. The first kappa shape index (κ1) is 26.2. The van der Waals surface area contributed by atoms with Crippen molar-refractivity contribution >= 4 is 29.3 Å². The maximum atomic E-state index is 15.1. The van der Waals surface area contributed by atoms with Crippen molar-refractivity contribution in [3.05, 3.63) is 42.0 Å². The van der Waals surface area contributed by atoms with Gasteiger partial charge in [0.15, 0.2) is 0 Å². The highest BCUT2D eigenvalue weighted by Crippen LogP contribution is 2.28. The number of halogens is 3. The minimum atomic E-state index is -3.17. The van der Waals surface area contributed by atoms with Crippen LogP contribution in [0.1, 0.15) is 5.56 Å². The first-order valence-corrected chi connectivity index (χ1v) is 11.5. The van der Waals surface area contributed by atoms with E-state index in [1.165, 1.54) is 28.3 Å². The summed E-state index contributed by atoms with van der Waals surface area (Å²) in [4.78, 5) is 38.7. The Labute approximate surface area is 209 Å². The largest absolute Gasteiger partial charge is 0.442 e. The highest BCUT2D eigenvalue weighted by molar-refractivity contribution is 5.90. The summed E-state index contributed by atoms with van der Waals surface area (Å²) in [7, 11) is 0. The normalized spacial score (nSPS) is 18.2. The predicted octanol–water partition coefficient (Wildman–Crippen LogP) is 0.463. The molecule has 0 radical (unpaired) electrons. The molecule has 2 saturated heterocycles. The lowest BCUT2D eigenvalue weighted by Crippen LogP contribution is -2.47. The zero-order valence-corrected chi connectivity index (χ0v) is 19.7. The number of nitrogens with zero attached hydrogens (tertiary/aromatic N) is 4. The van der Waals surface area contributed by atoms with E-state index in [4.69, 9.17) is 9.26 Å². The van der Waals surface area contributed by atoms with Gasteiger partial charge >= 0.3 is 12.5 Å². The number of hydrazine groups is 1. The van der Waals surface area contributed by atoms with Crippen molar-refractivity contribution in [2.45, 2.75) is 19.1 Å². The number of anilines is 2. The maximum Gasteiger partial charge on any atom is 0.414 e. The molecule has 0 unspecified atom stereocenters. The number of aromatic nitrogens is 1. The number of benzene rings is 1.